The first-order valence-electron chi connectivity index (χ1n) is 4.72. The minimum atomic E-state index is 0.215. The van der Waals surface area contributed by atoms with Crippen molar-refractivity contribution in [3.8, 4) is 5.75 Å². The molecule has 0 aliphatic carbocycles. The van der Waals surface area contributed by atoms with Crippen molar-refractivity contribution < 1.29 is 4.74 Å². The van der Waals surface area contributed by atoms with Gasteiger partial charge in [-0.25, -0.2) is 19.9 Å². The molecule has 0 saturated carbocycles. The highest BCUT2D eigenvalue weighted by Crippen LogP contribution is 2.35. The number of ether oxygens (including phenoxy) is 1. The van der Waals surface area contributed by atoms with E-state index in [1.54, 1.807) is 0 Å². The molecule has 2 rings (SSSR count). The van der Waals surface area contributed by atoms with E-state index in [0.717, 1.165) is 11.8 Å². The topological polar surface area (TPSA) is 113 Å². The fourth-order valence-electron chi connectivity index (χ4n) is 1.18. The van der Waals surface area contributed by atoms with Gasteiger partial charge in [-0.15, -0.1) is 0 Å². The molecule has 4 N–H and O–H groups in total. The molecule has 2 aromatic heterocycles. The van der Waals surface area contributed by atoms with Crippen molar-refractivity contribution in [1.82, 2.24) is 19.9 Å². The maximum atomic E-state index is 5.88. The normalized spacial score (nSPS) is 10.3. The van der Waals surface area contributed by atoms with Crippen molar-refractivity contribution >= 4 is 35.0 Å². The van der Waals surface area contributed by atoms with Crippen LogP contribution in [-0.4, -0.2) is 27.0 Å². The number of nitrogens with two attached hydrogens (primary N) is 2. The van der Waals surface area contributed by atoms with E-state index in [0.29, 0.717) is 15.9 Å². The van der Waals surface area contributed by atoms with Crippen LogP contribution in [0.4, 0.5) is 11.6 Å². The van der Waals surface area contributed by atoms with Crippen LogP contribution in [0.15, 0.2) is 22.6 Å². The third-order valence-electron chi connectivity index (χ3n) is 1.87. The van der Waals surface area contributed by atoms with E-state index in [1.807, 2.05) is 0 Å². The highest BCUT2D eigenvalue weighted by atomic mass is 35.5. The van der Waals surface area contributed by atoms with Gasteiger partial charge in [-0.05, 0) is 11.8 Å². The second-order valence-electron chi connectivity index (χ2n) is 3.11. The summed E-state index contributed by atoms with van der Waals surface area (Å²) in [7, 11) is 1.48. The van der Waals surface area contributed by atoms with E-state index in [2.05, 4.69) is 19.9 Å². The fraction of sp³-hybridized carbons (Fsp3) is 0.111. The number of hydrogen-bond acceptors (Lipinski definition) is 8. The maximum Gasteiger partial charge on any atom is 0.197 e. The number of anilines is 2. The Morgan fingerprint density at radius 3 is 2.50 bits per heavy atom. The first kappa shape index (κ1) is 12.7. The summed E-state index contributed by atoms with van der Waals surface area (Å²) in [5.41, 5.74) is 11.2. The Bertz CT molecular complexity index is 561. The van der Waals surface area contributed by atoms with Crippen molar-refractivity contribution in [1.29, 1.82) is 0 Å². The third kappa shape index (κ3) is 2.71. The SMILES string of the molecule is COc1c(Cl)ncnc1Sc1nc(N)cc(N)n1. The van der Waals surface area contributed by atoms with Crippen LogP contribution in [0, 0.1) is 0 Å². The van der Waals surface area contributed by atoms with Crippen molar-refractivity contribution in [3.63, 3.8) is 0 Å². The van der Waals surface area contributed by atoms with Crippen LogP contribution in [0.3, 0.4) is 0 Å². The van der Waals surface area contributed by atoms with E-state index >= 15 is 0 Å². The molecule has 18 heavy (non-hydrogen) atoms. The number of nitrogens with zero attached hydrogens (tertiary/aromatic N) is 4. The molecule has 0 amide bonds. The molecule has 0 aliphatic rings. The quantitative estimate of drug-likeness (QED) is 0.639. The van der Waals surface area contributed by atoms with E-state index in [1.165, 1.54) is 19.5 Å². The number of nitrogen functional groups attached to an aromatic ring is 2. The van der Waals surface area contributed by atoms with E-state index < -0.39 is 0 Å². The second kappa shape index (κ2) is 5.23. The lowest BCUT2D eigenvalue weighted by atomic mass is 10.5. The summed E-state index contributed by atoms with van der Waals surface area (Å²) in [6.45, 7) is 0. The predicted molar refractivity (Wildman–Crippen MR) is 68.6 cm³/mol. The monoisotopic (exact) mass is 284 g/mol. The van der Waals surface area contributed by atoms with Gasteiger partial charge in [-0.3, -0.25) is 0 Å². The molecule has 0 spiro atoms. The van der Waals surface area contributed by atoms with Crippen LogP contribution < -0.4 is 16.2 Å². The van der Waals surface area contributed by atoms with Gasteiger partial charge in [0.25, 0.3) is 0 Å². The molecule has 9 heteroatoms. The Kier molecular flexibility index (Phi) is 3.68. The zero-order valence-electron chi connectivity index (χ0n) is 9.29. The van der Waals surface area contributed by atoms with Gasteiger partial charge in [0, 0.05) is 6.07 Å². The number of halogens is 1. The number of hydrogen-bond donors (Lipinski definition) is 2. The van der Waals surface area contributed by atoms with Crippen molar-refractivity contribution in [2.75, 3.05) is 18.6 Å². The maximum absolute atomic E-state index is 5.88. The number of methoxy groups -OCH3 is 1. The summed E-state index contributed by atoms with van der Waals surface area (Å²) in [6.07, 6.45) is 1.32. The number of rotatable bonds is 3. The molecule has 0 bridgehead atoms. The van der Waals surface area contributed by atoms with Crippen molar-refractivity contribution in [2.45, 2.75) is 10.2 Å². The Balaban J connectivity index is 2.36. The van der Waals surface area contributed by atoms with Crippen LogP contribution in [0.1, 0.15) is 0 Å². The minimum Gasteiger partial charge on any atom is -0.491 e. The average Bonchev–Trinajstić information content (AvgIpc) is 2.27. The summed E-state index contributed by atoms with van der Waals surface area (Å²) < 4.78 is 5.11. The zero-order chi connectivity index (χ0) is 13.1. The molecule has 0 fully saturated rings. The molecule has 7 nitrogen and oxygen atoms in total. The molecular formula is C9H9ClN6OS. The molecule has 2 heterocycles. The Morgan fingerprint density at radius 1 is 1.22 bits per heavy atom. The molecule has 2 aromatic rings. The van der Waals surface area contributed by atoms with E-state index in [4.69, 9.17) is 27.8 Å². The van der Waals surface area contributed by atoms with Gasteiger partial charge in [-0.2, -0.15) is 0 Å². The van der Waals surface area contributed by atoms with Crippen LogP contribution >= 0.6 is 23.4 Å². The largest absolute Gasteiger partial charge is 0.491 e. The van der Waals surface area contributed by atoms with Crippen LogP contribution in [0.5, 0.6) is 5.75 Å². The predicted octanol–water partition coefficient (Wildman–Crippen LogP) is 1.24. The molecule has 0 aliphatic heterocycles. The van der Waals surface area contributed by atoms with E-state index in [-0.39, 0.29) is 16.8 Å². The van der Waals surface area contributed by atoms with Crippen LogP contribution in [0.2, 0.25) is 5.15 Å². The average molecular weight is 285 g/mol. The standard InChI is InChI=1S/C9H9ClN6OS/c1-17-6-7(10)13-3-14-8(6)18-9-15-4(11)2-5(12)16-9/h2-3H,1H3,(H4,11,12,15,16). The van der Waals surface area contributed by atoms with Crippen LogP contribution in [-0.2, 0) is 0 Å². The van der Waals surface area contributed by atoms with Gasteiger partial charge in [0.15, 0.2) is 21.1 Å². The lowest BCUT2D eigenvalue weighted by molar-refractivity contribution is 0.398. The molecule has 0 aromatic carbocycles. The molecule has 0 saturated heterocycles. The molecule has 0 radical (unpaired) electrons. The third-order valence-corrected chi connectivity index (χ3v) is 2.98. The Labute approximate surface area is 112 Å². The highest BCUT2D eigenvalue weighted by molar-refractivity contribution is 7.99. The van der Waals surface area contributed by atoms with Crippen molar-refractivity contribution in [3.05, 3.63) is 17.5 Å². The van der Waals surface area contributed by atoms with Crippen LogP contribution in [0.25, 0.3) is 0 Å². The number of aromatic nitrogens is 4. The summed E-state index contributed by atoms with van der Waals surface area (Å²) in [6, 6.07) is 1.47. The molecule has 0 atom stereocenters. The summed E-state index contributed by atoms with van der Waals surface area (Å²) in [5, 5.41) is 1.06. The fourth-order valence-corrected chi connectivity index (χ4v) is 2.29. The van der Waals surface area contributed by atoms with Gasteiger partial charge < -0.3 is 16.2 Å². The highest BCUT2D eigenvalue weighted by Gasteiger charge is 2.13. The Hall–Kier alpha value is -1.80. The molecular weight excluding hydrogens is 276 g/mol. The van der Waals surface area contributed by atoms with Gasteiger partial charge in [0.05, 0.1) is 7.11 Å². The van der Waals surface area contributed by atoms with Gasteiger partial charge in [0.2, 0.25) is 0 Å². The smallest absolute Gasteiger partial charge is 0.197 e. The van der Waals surface area contributed by atoms with Gasteiger partial charge in [0.1, 0.15) is 18.0 Å². The zero-order valence-corrected chi connectivity index (χ0v) is 10.9. The second-order valence-corrected chi connectivity index (χ2v) is 4.42. The van der Waals surface area contributed by atoms with Gasteiger partial charge in [-0.1, -0.05) is 11.6 Å². The van der Waals surface area contributed by atoms with E-state index in [9.17, 15) is 0 Å². The molecule has 94 valence electrons. The molecule has 0 unspecified atom stereocenters. The lowest BCUT2D eigenvalue weighted by Crippen LogP contribution is -2.00. The minimum absolute atomic E-state index is 0.215. The summed E-state index contributed by atoms with van der Waals surface area (Å²) >= 11 is 7.02. The Morgan fingerprint density at radius 2 is 1.89 bits per heavy atom. The first-order valence-corrected chi connectivity index (χ1v) is 5.92. The lowest BCUT2D eigenvalue weighted by Gasteiger charge is -2.07. The van der Waals surface area contributed by atoms with Gasteiger partial charge >= 0.3 is 0 Å². The van der Waals surface area contributed by atoms with Crippen molar-refractivity contribution in [2.24, 2.45) is 0 Å². The summed E-state index contributed by atoms with van der Waals surface area (Å²) in [5.74, 6) is 0.919. The first-order chi connectivity index (χ1) is 8.60. The summed E-state index contributed by atoms with van der Waals surface area (Å²) in [4.78, 5) is 15.9.